The van der Waals surface area contributed by atoms with Gasteiger partial charge < -0.3 is 20.1 Å². The van der Waals surface area contributed by atoms with Crippen LogP contribution >= 0.6 is 7.82 Å². The van der Waals surface area contributed by atoms with E-state index in [4.69, 9.17) is 24.3 Å². The summed E-state index contributed by atoms with van der Waals surface area (Å²) in [5.41, 5.74) is 5.34. The molecule has 0 saturated carbocycles. The van der Waals surface area contributed by atoms with Gasteiger partial charge in [-0.2, -0.15) is 0 Å². The lowest BCUT2D eigenvalue weighted by molar-refractivity contribution is -0.161. The molecule has 0 heterocycles. The normalized spacial score (nSPS) is 14.1. The van der Waals surface area contributed by atoms with Crippen molar-refractivity contribution in [2.75, 3.05) is 26.4 Å². The van der Waals surface area contributed by atoms with Gasteiger partial charge in [-0.05, 0) is 96.3 Å². The maximum absolute atomic E-state index is 12.6. The summed E-state index contributed by atoms with van der Waals surface area (Å²) in [6.07, 6.45) is 53.2. The highest BCUT2D eigenvalue weighted by molar-refractivity contribution is 7.47. The van der Waals surface area contributed by atoms with Crippen molar-refractivity contribution >= 4 is 19.8 Å². The van der Waals surface area contributed by atoms with Crippen molar-refractivity contribution < 1.29 is 37.6 Å². The van der Waals surface area contributed by atoms with Crippen molar-refractivity contribution in [3.8, 4) is 0 Å². The quantitative estimate of drug-likeness (QED) is 0.0268. The van der Waals surface area contributed by atoms with Crippen LogP contribution in [0.3, 0.4) is 0 Å². The zero-order chi connectivity index (χ0) is 41.8. The molecule has 2 atom stereocenters. The summed E-state index contributed by atoms with van der Waals surface area (Å²) in [7, 11) is -4.40. The lowest BCUT2D eigenvalue weighted by atomic mass is 10.1. The number of hydrogen-bond acceptors (Lipinski definition) is 8. The van der Waals surface area contributed by atoms with E-state index in [0.717, 1.165) is 77.0 Å². The number of hydrogen-bond donors (Lipinski definition) is 2. The number of esters is 2. The van der Waals surface area contributed by atoms with Crippen molar-refractivity contribution in [1.82, 2.24) is 0 Å². The van der Waals surface area contributed by atoms with Crippen molar-refractivity contribution in [1.29, 1.82) is 0 Å². The third kappa shape index (κ3) is 42.6. The van der Waals surface area contributed by atoms with Crippen LogP contribution in [0.5, 0.6) is 0 Å². The lowest BCUT2D eigenvalue weighted by Crippen LogP contribution is -2.29. The monoisotopic (exact) mass is 818 g/mol. The molecule has 0 amide bonds. The standard InChI is InChI=1S/C47H80NO8P/c1-3-5-7-9-11-13-15-17-19-21-22-24-26-28-30-32-34-36-38-40-47(50)56-45(44-55-57(51,52)54-42-41-48)43-53-46(49)39-37-35-33-31-29-27-25-23-20-18-16-14-12-10-8-6-4-2/h11-14,17-20,22,24-25,27-28,30,45H,3-10,15-16,21,23,26,29,31-44,48H2,1-2H3,(H,51,52). The molecule has 0 aromatic heterocycles. The van der Waals surface area contributed by atoms with Gasteiger partial charge in [-0.15, -0.1) is 0 Å². The first-order valence-corrected chi connectivity index (χ1v) is 23.6. The van der Waals surface area contributed by atoms with Gasteiger partial charge in [-0.25, -0.2) is 4.57 Å². The summed E-state index contributed by atoms with van der Waals surface area (Å²) in [5.74, 6) is -0.898. The fraction of sp³-hybridized carbons (Fsp3) is 0.660. The first-order chi connectivity index (χ1) is 27.8. The van der Waals surface area contributed by atoms with Gasteiger partial charge >= 0.3 is 19.8 Å². The highest BCUT2D eigenvalue weighted by Crippen LogP contribution is 2.43. The topological polar surface area (TPSA) is 134 Å². The van der Waals surface area contributed by atoms with E-state index in [2.05, 4.69) is 98.9 Å². The highest BCUT2D eigenvalue weighted by atomic mass is 31.2. The van der Waals surface area contributed by atoms with E-state index in [1.807, 2.05) is 0 Å². The molecule has 2 unspecified atom stereocenters. The minimum Gasteiger partial charge on any atom is -0.462 e. The van der Waals surface area contributed by atoms with Crippen LogP contribution in [0.4, 0.5) is 0 Å². The minimum absolute atomic E-state index is 0.0399. The summed E-state index contributed by atoms with van der Waals surface area (Å²) in [4.78, 5) is 34.9. The SMILES string of the molecule is CCCCCC=CCC=CCC=CCC=CCCCCCC(=O)OC(COC(=O)CCCCCCC=CCC=CCC=CCCCCC)COP(=O)(O)OCCN. The van der Waals surface area contributed by atoms with Crippen molar-refractivity contribution in [3.05, 3.63) is 85.1 Å². The van der Waals surface area contributed by atoms with Crippen molar-refractivity contribution in [2.45, 2.75) is 174 Å². The maximum atomic E-state index is 12.6. The predicted octanol–water partition coefficient (Wildman–Crippen LogP) is 12.8. The Morgan fingerprint density at radius 1 is 0.526 bits per heavy atom. The summed E-state index contributed by atoms with van der Waals surface area (Å²) in [6.45, 7) is 3.59. The van der Waals surface area contributed by atoms with Crippen LogP contribution in [0.1, 0.15) is 168 Å². The van der Waals surface area contributed by atoms with Gasteiger partial charge in [0.1, 0.15) is 6.61 Å². The summed E-state index contributed by atoms with van der Waals surface area (Å²) < 4.78 is 32.7. The molecule has 3 N–H and O–H groups in total. The van der Waals surface area contributed by atoms with E-state index in [1.165, 1.54) is 51.4 Å². The fourth-order valence-electron chi connectivity index (χ4n) is 5.45. The average molecular weight is 818 g/mol. The second kappa shape index (κ2) is 42.8. The minimum atomic E-state index is -4.40. The van der Waals surface area contributed by atoms with Crippen molar-refractivity contribution in [2.24, 2.45) is 5.73 Å². The third-order valence-electron chi connectivity index (χ3n) is 8.75. The Morgan fingerprint density at radius 3 is 1.35 bits per heavy atom. The van der Waals surface area contributed by atoms with Crippen LogP contribution in [0.15, 0.2) is 85.1 Å². The Kier molecular flexibility index (Phi) is 40.7. The number of carbonyl (C=O) groups excluding carboxylic acids is 2. The van der Waals surface area contributed by atoms with Crippen LogP contribution in [0.25, 0.3) is 0 Å². The Balaban J connectivity index is 4.28. The van der Waals surface area contributed by atoms with Crippen LogP contribution in [-0.4, -0.2) is 49.3 Å². The lowest BCUT2D eigenvalue weighted by Gasteiger charge is -2.19. The molecule has 0 aromatic carbocycles. The molecule has 0 radical (unpaired) electrons. The molecule has 0 aliphatic heterocycles. The summed E-state index contributed by atoms with van der Waals surface area (Å²) in [5, 5.41) is 0. The van der Waals surface area contributed by atoms with Crippen LogP contribution < -0.4 is 5.73 Å². The van der Waals surface area contributed by atoms with Crippen LogP contribution in [0.2, 0.25) is 0 Å². The summed E-state index contributed by atoms with van der Waals surface area (Å²) in [6, 6.07) is 0. The van der Waals surface area contributed by atoms with E-state index < -0.39 is 32.5 Å². The highest BCUT2D eigenvalue weighted by Gasteiger charge is 2.25. The number of allylic oxidation sites excluding steroid dienone is 14. The van der Waals surface area contributed by atoms with E-state index in [0.29, 0.717) is 12.8 Å². The third-order valence-corrected chi connectivity index (χ3v) is 9.74. The second-order valence-electron chi connectivity index (χ2n) is 14.2. The molecule has 0 aliphatic carbocycles. The Morgan fingerprint density at radius 2 is 0.912 bits per heavy atom. The molecule has 0 bridgehead atoms. The zero-order valence-electron chi connectivity index (χ0n) is 35.8. The Labute approximate surface area is 347 Å². The number of rotatable bonds is 40. The number of carbonyl (C=O) groups is 2. The van der Waals surface area contributed by atoms with E-state index in [9.17, 15) is 19.0 Å². The molecular weight excluding hydrogens is 737 g/mol. The van der Waals surface area contributed by atoms with Gasteiger partial charge in [-0.1, -0.05) is 144 Å². The number of phosphoric acid groups is 1. The van der Waals surface area contributed by atoms with Crippen LogP contribution in [-0.2, 0) is 32.7 Å². The maximum Gasteiger partial charge on any atom is 0.472 e. The average Bonchev–Trinajstić information content (AvgIpc) is 3.20. The van der Waals surface area contributed by atoms with Gasteiger partial charge in [-0.3, -0.25) is 18.6 Å². The van der Waals surface area contributed by atoms with E-state index >= 15 is 0 Å². The van der Waals surface area contributed by atoms with E-state index in [-0.39, 0.29) is 32.6 Å². The largest absolute Gasteiger partial charge is 0.472 e. The molecule has 0 aromatic rings. The van der Waals surface area contributed by atoms with Gasteiger partial charge in [0.25, 0.3) is 0 Å². The van der Waals surface area contributed by atoms with Gasteiger partial charge in [0, 0.05) is 19.4 Å². The second-order valence-corrected chi connectivity index (χ2v) is 15.7. The molecular formula is C47H80NO8P. The number of ether oxygens (including phenoxy) is 2. The molecule has 0 rings (SSSR count). The molecule has 326 valence electrons. The molecule has 0 fully saturated rings. The molecule has 57 heavy (non-hydrogen) atoms. The first kappa shape index (κ1) is 54.2. The molecule has 0 spiro atoms. The van der Waals surface area contributed by atoms with Crippen LogP contribution in [0, 0.1) is 0 Å². The predicted molar refractivity (Wildman–Crippen MR) is 238 cm³/mol. The van der Waals surface area contributed by atoms with Gasteiger partial charge in [0.05, 0.1) is 13.2 Å². The molecule has 0 saturated heterocycles. The Bertz CT molecular complexity index is 1210. The first-order valence-electron chi connectivity index (χ1n) is 22.1. The zero-order valence-corrected chi connectivity index (χ0v) is 36.7. The fourth-order valence-corrected chi connectivity index (χ4v) is 6.21. The molecule has 0 aliphatic rings. The smallest absolute Gasteiger partial charge is 0.462 e. The number of nitrogens with two attached hydrogens (primary N) is 1. The molecule has 9 nitrogen and oxygen atoms in total. The van der Waals surface area contributed by atoms with Crippen molar-refractivity contribution in [3.63, 3.8) is 0 Å². The Hall–Kier alpha value is -2.81. The van der Waals surface area contributed by atoms with Gasteiger partial charge in [0.15, 0.2) is 6.10 Å². The van der Waals surface area contributed by atoms with Gasteiger partial charge in [0.2, 0.25) is 0 Å². The number of phosphoric ester groups is 1. The van der Waals surface area contributed by atoms with E-state index in [1.54, 1.807) is 0 Å². The summed E-state index contributed by atoms with van der Waals surface area (Å²) >= 11 is 0. The number of unbranched alkanes of at least 4 members (excludes halogenated alkanes) is 13. The molecule has 10 heteroatoms.